The van der Waals surface area contributed by atoms with Crippen molar-refractivity contribution in [2.24, 2.45) is 21.9 Å². The average Bonchev–Trinajstić information content (AvgIpc) is 3.84. The van der Waals surface area contributed by atoms with Crippen LogP contribution in [0.3, 0.4) is 0 Å². The zero-order valence-electron chi connectivity index (χ0n) is 36.9. The smallest absolute Gasteiger partial charge is 0.352 e. The molecule has 1 unspecified atom stereocenters. The van der Waals surface area contributed by atoms with E-state index in [0.717, 1.165) is 34.2 Å². The van der Waals surface area contributed by atoms with Gasteiger partial charge in [-0.2, -0.15) is 9.36 Å². The number of benzene rings is 4. The summed E-state index contributed by atoms with van der Waals surface area (Å²) in [5.74, 6) is -1.06. The van der Waals surface area contributed by atoms with Gasteiger partial charge in [-0.25, -0.2) is 14.2 Å². The number of aromatic nitrogens is 3. The number of carbonyl (C=O) groups is 4. The summed E-state index contributed by atoms with van der Waals surface area (Å²) in [7, 11) is 0. The Morgan fingerprint density at radius 3 is 1.97 bits per heavy atom. The first-order valence-electron chi connectivity index (χ1n) is 22.7. The first-order valence-corrected chi connectivity index (χ1v) is 22.7. The van der Waals surface area contributed by atoms with Crippen molar-refractivity contribution in [3.8, 4) is 11.4 Å². The summed E-state index contributed by atoms with van der Waals surface area (Å²) in [5, 5.41) is 8.85. The highest BCUT2D eigenvalue weighted by Gasteiger charge is 2.41. The van der Waals surface area contributed by atoms with Gasteiger partial charge in [0.15, 0.2) is 5.96 Å². The Morgan fingerprint density at radius 1 is 0.742 bits per heavy atom. The summed E-state index contributed by atoms with van der Waals surface area (Å²) >= 11 is 0. The quantitative estimate of drug-likeness (QED) is 0.0556. The van der Waals surface area contributed by atoms with E-state index >= 15 is 0 Å². The number of piperazine rings is 1. The molecule has 2 aliphatic heterocycles. The third-order valence-corrected chi connectivity index (χ3v) is 13.0. The van der Waals surface area contributed by atoms with Crippen LogP contribution in [0, 0.1) is 5.41 Å². The second-order valence-electron chi connectivity index (χ2n) is 17.4. The molecule has 2 fully saturated rings. The largest absolute Gasteiger partial charge is 0.370 e. The van der Waals surface area contributed by atoms with Crippen LogP contribution in [0.4, 0.5) is 5.69 Å². The third-order valence-electron chi connectivity index (χ3n) is 13.0. The third kappa shape index (κ3) is 10.0. The Hall–Kier alpha value is -7.27. The fraction of sp³-hybridized carbons (Fsp3) is 0.367. The Bertz CT molecular complexity index is 2620. The molecule has 2 atom stereocenters. The van der Waals surface area contributed by atoms with Crippen molar-refractivity contribution < 1.29 is 19.2 Å². The van der Waals surface area contributed by atoms with Gasteiger partial charge in [-0.1, -0.05) is 85.6 Å². The highest BCUT2D eigenvalue weighted by Crippen LogP contribution is 2.45. The van der Waals surface area contributed by atoms with Crippen molar-refractivity contribution >= 4 is 35.3 Å². The number of rotatable bonds is 16. The topological polar surface area (TPSA) is 224 Å². The number of aliphatic imine (C=N–C) groups is 1. The van der Waals surface area contributed by atoms with Gasteiger partial charge in [0, 0.05) is 69.9 Å². The lowest BCUT2D eigenvalue weighted by atomic mass is 9.78. The standard InChI is InChI=1S/C49H57N11O6/c50-46(51)53-25-13-22-40(45(64)52-26-27-58-47(65)59(34-14-3-1-4-15-34)60(48(58)66)35-16-5-2-6-17-35)54-41(61)32-49(23-11-12-24-49)33-42(62)56-28-30-57(31-29-56)43-36-18-7-8-19-37(36)44(63)55-39-21-10-9-20-38(39)43/h1-10,14-21,40,43H,11-13,22-33H2,(H,52,64)(H,54,61)(H,55,63)(H4,50,51,53)/t40-,43?/m0/s1. The van der Waals surface area contributed by atoms with Gasteiger partial charge in [-0.3, -0.25) is 29.1 Å². The van der Waals surface area contributed by atoms with Crippen molar-refractivity contribution in [2.45, 2.75) is 70.0 Å². The number of hydrogen-bond donors (Lipinski definition) is 5. The summed E-state index contributed by atoms with van der Waals surface area (Å²) in [4.78, 5) is 91.0. The van der Waals surface area contributed by atoms with Crippen LogP contribution < -0.4 is 38.8 Å². The minimum absolute atomic E-state index is 0.00273. The van der Waals surface area contributed by atoms with Crippen molar-refractivity contribution in [1.82, 2.24) is 34.4 Å². The molecule has 17 heteroatoms. The zero-order chi connectivity index (χ0) is 46.2. The molecule has 0 radical (unpaired) electrons. The molecule has 4 amide bonds. The molecule has 1 saturated carbocycles. The van der Waals surface area contributed by atoms with Crippen molar-refractivity contribution in [2.75, 3.05) is 44.6 Å². The number of anilines is 1. The lowest BCUT2D eigenvalue weighted by molar-refractivity contribution is -0.137. The van der Waals surface area contributed by atoms with Gasteiger partial charge in [0.05, 0.1) is 17.4 Å². The van der Waals surface area contributed by atoms with E-state index in [0.29, 0.717) is 62.4 Å². The summed E-state index contributed by atoms with van der Waals surface area (Å²) in [6.45, 7) is 2.27. The molecule has 3 heterocycles. The second kappa shape index (κ2) is 20.3. The van der Waals surface area contributed by atoms with Crippen LogP contribution in [0.1, 0.15) is 78.9 Å². The molecule has 3 aliphatic rings. The molecule has 8 rings (SSSR count). The van der Waals surface area contributed by atoms with E-state index in [-0.39, 0.29) is 68.6 Å². The highest BCUT2D eigenvalue weighted by atomic mass is 16.2. The van der Waals surface area contributed by atoms with E-state index in [2.05, 4.69) is 25.8 Å². The number of nitrogens with two attached hydrogens (primary N) is 2. The Balaban J connectivity index is 0.914. The number of carbonyl (C=O) groups excluding carboxylic acids is 4. The predicted octanol–water partition coefficient (Wildman–Crippen LogP) is 3.28. The molecule has 5 aromatic rings. The Kier molecular flexibility index (Phi) is 13.9. The average molecular weight is 896 g/mol. The molecule has 66 heavy (non-hydrogen) atoms. The lowest BCUT2D eigenvalue weighted by Crippen LogP contribution is -2.51. The van der Waals surface area contributed by atoms with Gasteiger partial charge < -0.3 is 32.3 Å². The van der Waals surface area contributed by atoms with E-state index < -0.39 is 28.7 Å². The van der Waals surface area contributed by atoms with Crippen LogP contribution in [0.15, 0.2) is 124 Å². The molecular weight excluding hydrogens is 839 g/mol. The van der Waals surface area contributed by atoms with Crippen LogP contribution in [-0.4, -0.2) is 98.6 Å². The van der Waals surface area contributed by atoms with Gasteiger partial charge in [-0.15, -0.1) is 0 Å². The van der Waals surface area contributed by atoms with Gasteiger partial charge in [-0.05, 0) is 78.6 Å². The van der Waals surface area contributed by atoms with E-state index in [1.54, 1.807) is 48.5 Å². The van der Waals surface area contributed by atoms with Crippen LogP contribution in [0.5, 0.6) is 0 Å². The zero-order valence-corrected chi connectivity index (χ0v) is 36.9. The molecule has 0 bridgehead atoms. The molecule has 0 spiro atoms. The van der Waals surface area contributed by atoms with Gasteiger partial charge >= 0.3 is 11.4 Å². The Morgan fingerprint density at radius 2 is 1.33 bits per heavy atom. The number of nitrogens with one attached hydrogen (secondary N) is 3. The van der Waals surface area contributed by atoms with E-state index in [4.69, 9.17) is 11.5 Å². The van der Waals surface area contributed by atoms with Crippen molar-refractivity contribution in [3.63, 3.8) is 0 Å². The summed E-state index contributed by atoms with van der Waals surface area (Å²) in [6.07, 6.45) is 4.10. The highest BCUT2D eigenvalue weighted by molar-refractivity contribution is 6.07. The fourth-order valence-electron chi connectivity index (χ4n) is 9.78. The van der Waals surface area contributed by atoms with Crippen molar-refractivity contribution in [1.29, 1.82) is 0 Å². The van der Waals surface area contributed by atoms with Crippen LogP contribution in [0.25, 0.3) is 11.4 Å². The maximum Gasteiger partial charge on any atom is 0.352 e. The van der Waals surface area contributed by atoms with Gasteiger partial charge in [0.2, 0.25) is 17.7 Å². The van der Waals surface area contributed by atoms with Gasteiger partial charge in [0.25, 0.3) is 5.91 Å². The maximum absolute atomic E-state index is 14.1. The number of hydrogen-bond acceptors (Lipinski definition) is 8. The molecule has 1 saturated heterocycles. The van der Waals surface area contributed by atoms with E-state index in [1.165, 1.54) is 9.36 Å². The molecule has 17 nitrogen and oxygen atoms in total. The molecular formula is C49H57N11O6. The van der Waals surface area contributed by atoms with Crippen molar-refractivity contribution in [3.05, 3.63) is 147 Å². The summed E-state index contributed by atoms with van der Waals surface area (Å²) < 4.78 is 3.67. The second-order valence-corrected chi connectivity index (χ2v) is 17.4. The molecule has 1 aliphatic carbocycles. The molecule has 344 valence electrons. The van der Waals surface area contributed by atoms with E-state index in [1.807, 2.05) is 65.6 Å². The van der Waals surface area contributed by atoms with E-state index in [9.17, 15) is 28.8 Å². The number of nitrogens with zero attached hydrogens (tertiary/aromatic N) is 6. The summed E-state index contributed by atoms with van der Waals surface area (Å²) in [5.41, 5.74) is 13.7. The normalized spacial score (nSPS) is 17.1. The first-order chi connectivity index (χ1) is 32.0. The lowest BCUT2D eigenvalue weighted by Gasteiger charge is -2.41. The van der Waals surface area contributed by atoms with Crippen LogP contribution in [0.2, 0.25) is 0 Å². The monoisotopic (exact) mass is 895 g/mol. The first kappa shape index (κ1) is 45.3. The Labute approximate surface area is 382 Å². The predicted molar refractivity (Wildman–Crippen MR) is 251 cm³/mol. The minimum atomic E-state index is -0.967. The van der Waals surface area contributed by atoms with Gasteiger partial charge in [0.1, 0.15) is 6.04 Å². The van der Waals surface area contributed by atoms with Crippen LogP contribution in [-0.2, 0) is 20.9 Å². The SMILES string of the molecule is NC(N)=NCCC[C@H](NC(=O)CC1(CC(=O)N2CCN(C3c4ccccc4NC(=O)c4ccccc43)CC2)CCCC1)C(=O)NCCn1c(=O)n(-c2ccccc2)n(-c2ccccc2)c1=O. The summed E-state index contributed by atoms with van der Waals surface area (Å²) in [6, 6.07) is 32.1. The number of fused-ring (bicyclic) bond motifs is 2. The number of guanidine groups is 1. The fourth-order valence-corrected chi connectivity index (χ4v) is 9.78. The minimum Gasteiger partial charge on any atom is -0.370 e. The van der Waals surface area contributed by atoms with Crippen LogP contribution >= 0.6 is 0 Å². The number of amides is 4. The molecule has 1 aromatic heterocycles. The maximum atomic E-state index is 14.1. The number of para-hydroxylation sites is 3. The molecule has 7 N–H and O–H groups in total. The molecule has 4 aromatic carbocycles.